The summed E-state index contributed by atoms with van der Waals surface area (Å²) in [6.45, 7) is 2.50. The van der Waals surface area contributed by atoms with Gasteiger partial charge in [-0.15, -0.1) is 0 Å². The van der Waals surface area contributed by atoms with Crippen molar-refractivity contribution in [1.29, 1.82) is 0 Å². The monoisotopic (exact) mass is 285 g/mol. The SMILES string of the molecule is CCC1CCCCC1NC(=O)c1cncc(C#CCN)c1. The van der Waals surface area contributed by atoms with Crippen LogP contribution in [0.5, 0.6) is 0 Å². The van der Waals surface area contributed by atoms with Gasteiger partial charge in [0.05, 0.1) is 12.1 Å². The summed E-state index contributed by atoms with van der Waals surface area (Å²) >= 11 is 0. The average Bonchev–Trinajstić information content (AvgIpc) is 2.53. The predicted molar refractivity (Wildman–Crippen MR) is 83.7 cm³/mol. The molecule has 1 aliphatic carbocycles. The highest BCUT2D eigenvalue weighted by Crippen LogP contribution is 2.27. The van der Waals surface area contributed by atoms with E-state index in [2.05, 4.69) is 29.1 Å². The van der Waals surface area contributed by atoms with Crippen molar-refractivity contribution in [2.75, 3.05) is 6.54 Å². The van der Waals surface area contributed by atoms with Gasteiger partial charge in [0.15, 0.2) is 0 Å². The molecule has 0 saturated heterocycles. The van der Waals surface area contributed by atoms with E-state index in [0.29, 0.717) is 18.0 Å². The molecule has 0 radical (unpaired) electrons. The number of rotatable bonds is 3. The molecular weight excluding hydrogens is 262 g/mol. The first-order chi connectivity index (χ1) is 10.2. The lowest BCUT2D eigenvalue weighted by molar-refractivity contribution is 0.0904. The van der Waals surface area contributed by atoms with Gasteiger partial charge in [-0.05, 0) is 24.8 Å². The van der Waals surface area contributed by atoms with E-state index in [1.165, 1.54) is 19.3 Å². The molecule has 0 aliphatic heterocycles. The van der Waals surface area contributed by atoms with Crippen LogP contribution in [0.1, 0.15) is 54.9 Å². The van der Waals surface area contributed by atoms with Crippen LogP contribution in [0.15, 0.2) is 18.5 Å². The lowest BCUT2D eigenvalue weighted by atomic mass is 9.83. The maximum absolute atomic E-state index is 12.4. The Labute approximate surface area is 126 Å². The standard InChI is InChI=1S/C17H23N3O/c1-2-14-7-3-4-8-16(14)20-17(21)15-10-13(6-5-9-18)11-19-12-15/h10-12,14,16H,2-4,7-9,18H2,1H3,(H,20,21). The number of nitrogens with one attached hydrogen (secondary N) is 1. The second kappa shape index (κ2) is 7.80. The van der Waals surface area contributed by atoms with Crippen LogP contribution in [0.3, 0.4) is 0 Å². The first-order valence-corrected chi connectivity index (χ1v) is 7.69. The van der Waals surface area contributed by atoms with Gasteiger partial charge in [0.2, 0.25) is 0 Å². The topological polar surface area (TPSA) is 68.0 Å². The Morgan fingerprint density at radius 1 is 1.43 bits per heavy atom. The predicted octanol–water partition coefficient (Wildman–Crippen LogP) is 2.09. The minimum atomic E-state index is -0.0516. The van der Waals surface area contributed by atoms with E-state index in [-0.39, 0.29) is 11.9 Å². The fourth-order valence-electron chi connectivity index (χ4n) is 2.92. The van der Waals surface area contributed by atoms with Gasteiger partial charge in [0.25, 0.3) is 5.91 Å². The second-order valence-electron chi connectivity index (χ2n) is 5.50. The third-order valence-electron chi connectivity index (χ3n) is 4.09. The first-order valence-electron chi connectivity index (χ1n) is 7.69. The molecule has 1 aromatic heterocycles. The molecule has 2 atom stereocenters. The number of carbonyl (C=O) groups is 1. The highest BCUT2D eigenvalue weighted by molar-refractivity contribution is 5.94. The summed E-state index contributed by atoms with van der Waals surface area (Å²) in [7, 11) is 0. The van der Waals surface area contributed by atoms with E-state index in [9.17, 15) is 4.79 Å². The van der Waals surface area contributed by atoms with Crippen molar-refractivity contribution < 1.29 is 4.79 Å². The largest absolute Gasteiger partial charge is 0.349 e. The molecule has 0 bridgehead atoms. The van der Waals surface area contributed by atoms with E-state index >= 15 is 0 Å². The molecular formula is C17H23N3O. The number of hydrogen-bond acceptors (Lipinski definition) is 3. The van der Waals surface area contributed by atoms with Crippen LogP contribution in [0.2, 0.25) is 0 Å². The van der Waals surface area contributed by atoms with Crippen LogP contribution >= 0.6 is 0 Å². The zero-order valence-electron chi connectivity index (χ0n) is 12.6. The van der Waals surface area contributed by atoms with Gasteiger partial charge >= 0.3 is 0 Å². The highest BCUT2D eigenvalue weighted by Gasteiger charge is 2.25. The van der Waals surface area contributed by atoms with Gasteiger partial charge in [-0.1, -0.05) is 38.0 Å². The fraction of sp³-hybridized carbons (Fsp3) is 0.529. The smallest absolute Gasteiger partial charge is 0.253 e. The Balaban J connectivity index is 2.05. The van der Waals surface area contributed by atoms with E-state index in [1.54, 1.807) is 18.5 Å². The highest BCUT2D eigenvalue weighted by atomic mass is 16.1. The minimum absolute atomic E-state index is 0.0516. The molecule has 2 rings (SSSR count). The molecule has 1 heterocycles. The summed E-state index contributed by atoms with van der Waals surface area (Å²) in [5, 5.41) is 3.17. The Kier molecular flexibility index (Phi) is 5.77. The van der Waals surface area contributed by atoms with Crippen molar-refractivity contribution >= 4 is 5.91 Å². The van der Waals surface area contributed by atoms with Crippen LogP contribution < -0.4 is 11.1 Å². The number of amides is 1. The molecule has 1 amide bonds. The first kappa shape index (κ1) is 15.5. The van der Waals surface area contributed by atoms with E-state index in [1.807, 2.05) is 0 Å². The normalized spacial score (nSPS) is 21.2. The lowest BCUT2D eigenvalue weighted by Crippen LogP contribution is -2.41. The second-order valence-corrected chi connectivity index (χ2v) is 5.50. The molecule has 4 heteroatoms. The van der Waals surface area contributed by atoms with Crippen LogP contribution in [-0.4, -0.2) is 23.5 Å². The summed E-state index contributed by atoms with van der Waals surface area (Å²) in [5.74, 6) is 6.22. The molecule has 112 valence electrons. The third-order valence-corrected chi connectivity index (χ3v) is 4.09. The summed E-state index contributed by atoms with van der Waals surface area (Å²) in [6, 6.07) is 2.06. The summed E-state index contributed by atoms with van der Waals surface area (Å²) in [6.07, 6.45) is 9.11. The van der Waals surface area contributed by atoms with Gasteiger partial charge < -0.3 is 11.1 Å². The Morgan fingerprint density at radius 2 is 2.24 bits per heavy atom. The Hall–Kier alpha value is -1.86. The fourth-order valence-corrected chi connectivity index (χ4v) is 2.92. The molecule has 4 nitrogen and oxygen atoms in total. The molecule has 1 aromatic rings. The number of aromatic nitrogens is 1. The van der Waals surface area contributed by atoms with E-state index < -0.39 is 0 Å². The molecule has 0 aromatic carbocycles. The molecule has 2 unspecified atom stereocenters. The number of carbonyl (C=O) groups excluding carboxylic acids is 1. The van der Waals surface area contributed by atoms with Gasteiger partial charge in [0, 0.05) is 24.0 Å². The van der Waals surface area contributed by atoms with Gasteiger partial charge in [-0.3, -0.25) is 9.78 Å². The Morgan fingerprint density at radius 3 is 3.00 bits per heavy atom. The molecule has 1 aliphatic rings. The number of nitrogens with two attached hydrogens (primary N) is 1. The summed E-state index contributed by atoms with van der Waals surface area (Å²) in [5.41, 5.74) is 6.65. The van der Waals surface area contributed by atoms with E-state index in [0.717, 1.165) is 18.4 Å². The number of hydrogen-bond donors (Lipinski definition) is 2. The van der Waals surface area contributed by atoms with Crippen LogP contribution in [0.4, 0.5) is 0 Å². The van der Waals surface area contributed by atoms with Gasteiger partial charge in [-0.25, -0.2) is 0 Å². The van der Waals surface area contributed by atoms with Crippen molar-refractivity contribution in [1.82, 2.24) is 10.3 Å². The van der Waals surface area contributed by atoms with Gasteiger partial charge in [0.1, 0.15) is 0 Å². The van der Waals surface area contributed by atoms with Crippen molar-refractivity contribution in [3.05, 3.63) is 29.6 Å². The number of pyridine rings is 1. The maximum atomic E-state index is 12.4. The summed E-state index contributed by atoms with van der Waals surface area (Å²) < 4.78 is 0. The third kappa shape index (κ3) is 4.30. The molecule has 21 heavy (non-hydrogen) atoms. The molecule has 0 spiro atoms. The van der Waals surface area contributed by atoms with Crippen LogP contribution in [0, 0.1) is 17.8 Å². The van der Waals surface area contributed by atoms with Crippen LogP contribution in [-0.2, 0) is 0 Å². The quantitative estimate of drug-likeness (QED) is 0.836. The average molecular weight is 285 g/mol. The van der Waals surface area contributed by atoms with Crippen molar-refractivity contribution in [2.24, 2.45) is 11.7 Å². The van der Waals surface area contributed by atoms with Crippen LogP contribution in [0.25, 0.3) is 0 Å². The molecule has 1 saturated carbocycles. The molecule has 1 fully saturated rings. The zero-order valence-corrected chi connectivity index (χ0v) is 12.6. The van der Waals surface area contributed by atoms with Crippen molar-refractivity contribution in [3.8, 4) is 11.8 Å². The van der Waals surface area contributed by atoms with Crippen molar-refractivity contribution in [3.63, 3.8) is 0 Å². The number of nitrogens with zero attached hydrogens (tertiary/aromatic N) is 1. The maximum Gasteiger partial charge on any atom is 0.253 e. The minimum Gasteiger partial charge on any atom is -0.349 e. The lowest BCUT2D eigenvalue weighted by Gasteiger charge is -2.31. The zero-order chi connectivity index (χ0) is 15.1. The Bertz CT molecular complexity index is 544. The summed E-state index contributed by atoms with van der Waals surface area (Å²) in [4.78, 5) is 16.5. The van der Waals surface area contributed by atoms with Gasteiger partial charge in [-0.2, -0.15) is 0 Å². The molecule has 3 N–H and O–H groups in total. The van der Waals surface area contributed by atoms with Crippen molar-refractivity contribution in [2.45, 2.75) is 45.1 Å². The van der Waals surface area contributed by atoms with E-state index in [4.69, 9.17) is 5.73 Å².